The molecular formula is C10H19N3O3. The maximum atomic E-state index is 11.3. The van der Waals surface area contributed by atoms with Gasteiger partial charge in [0.2, 0.25) is 5.91 Å². The van der Waals surface area contributed by atoms with Crippen LogP contribution in [0.25, 0.3) is 0 Å². The van der Waals surface area contributed by atoms with Crippen molar-refractivity contribution in [2.75, 3.05) is 33.9 Å². The third-order valence-electron chi connectivity index (χ3n) is 2.39. The quantitative estimate of drug-likeness (QED) is 0.686. The van der Waals surface area contributed by atoms with Gasteiger partial charge in [-0.25, -0.2) is 4.79 Å². The van der Waals surface area contributed by atoms with E-state index in [-0.39, 0.29) is 18.0 Å². The Balaban J connectivity index is 2.08. The average molecular weight is 229 g/mol. The van der Waals surface area contributed by atoms with E-state index >= 15 is 0 Å². The number of nitrogens with one attached hydrogen (secondary N) is 2. The van der Waals surface area contributed by atoms with Crippen molar-refractivity contribution in [2.24, 2.45) is 0 Å². The summed E-state index contributed by atoms with van der Waals surface area (Å²) in [6.45, 7) is 1.63. The summed E-state index contributed by atoms with van der Waals surface area (Å²) in [5, 5.41) is 5.42. The number of carbonyl (C=O) groups is 2. The fraction of sp³-hybridized carbons (Fsp3) is 0.800. The van der Waals surface area contributed by atoms with E-state index in [2.05, 4.69) is 10.6 Å². The van der Waals surface area contributed by atoms with Crippen molar-refractivity contribution in [1.29, 1.82) is 0 Å². The molecule has 0 radical (unpaired) electrons. The Morgan fingerprint density at radius 2 is 2.19 bits per heavy atom. The summed E-state index contributed by atoms with van der Waals surface area (Å²) in [5.74, 6) is 0.00417. The lowest BCUT2D eigenvalue weighted by molar-refractivity contribution is -0.128. The normalized spacial score (nSPS) is 19.2. The molecule has 1 rings (SSSR count). The van der Waals surface area contributed by atoms with Gasteiger partial charge in [0.25, 0.3) is 0 Å². The van der Waals surface area contributed by atoms with Gasteiger partial charge in [-0.15, -0.1) is 0 Å². The zero-order chi connectivity index (χ0) is 12.0. The van der Waals surface area contributed by atoms with E-state index in [1.807, 2.05) is 0 Å². The maximum absolute atomic E-state index is 11.3. The first kappa shape index (κ1) is 12.8. The van der Waals surface area contributed by atoms with Gasteiger partial charge in [-0.2, -0.15) is 0 Å². The van der Waals surface area contributed by atoms with Gasteiger partial charge in [-0.05, 0) is 6.42 Å². The summed E-state index contributed by atoms with van der Waals surface area (Å²) in [4.78, 5) is 24.1. The largest absolute Gasteiger partial charge is 0.379 e. The molecule has 0 spiro atoms. The third kappa shape index (κ3) is 4.48. The smallest absolute Gasteiger partial charge is 0.315 e. The standard InChI is InChI=1S/C10H19N3O3/c1-13(2)9(14)3-5-11-10(15)12-8-4-6-16-7-8/h8H,3-7H2,1-2H3,(H2,11,12,15). The lowest BCUT2D eigenvalue weighted by atomic mass is 10.3. The van der Waals surface area contributed by atoms with Crippen molar-refractivity contribution in [1.82, 2.24) is 15.5 Å². The summed E-state index contributed by atoms with van der Waals surface area (Å²) in [5.41, 5.74) is 0. The molecule has 1 aliphatic heterocycles. The molecule has 0 bridgehead atoms. The van der Waals surface area contributed by atoms with Crippen LogP contribution in [0.15, 0.2) is 0 Å². The molecule has 92 valence electrons. The number of hydrogen-bond acceptors (Lipinski definition) is 3. The van der Waals surface area contributed by atoms with Gasteiger partial charge >= 0.3 is 6.03 Å². The fourth-order valence-electron chi connectivity index (χ4n) is 1.39. The molecule has 1 atom stereocenters. The van der Waals surface area contributed by atoms with Crippen LogP contribution >= 0.6 is 0 Å². The van der Waals surface area contributed by atoms with Crippen LogP contribution in [0.2, 0.25) is 0 Å². The third-order valence-corrected chi connectivity index (χ3v) is 2.39. The highest BCUT2D eigenvalue weighted by Crippen LogP contribution is 2.02. The van der Waals surface area contributed by atoms with Gasteiger partial charge in [0, 0.05) is 33.7 Å². The van der Waals surface area contributed by atoms with E-state index in [4.69, 9.17) is 4.74 Å². The average Bonchev–Trinajstić information content (AvgIpc) is 2.70. The molecule has 6 heteroatoms. The Bertz CT molecular complexity index is 250. The van der Waals surface area contributed by atoms with Crippen molar-refractivity contribution < 1.29 is 14.3 Å². The Kier molecular flexibility index (Phi) is 5.04. The molecule has 0 aromatic heterocycles. The highest BCUT2D eigenvalue weighted by molar-refractivity contribution is 5.78. The summed E-state index contributed by atoms with van der Waals surface area (Å²) < 4.78 is 5.13. The second-order valence-electron chi connectivity index (χ2n) is 4.00. The van der Waals surface area contributed by atoms with Gasteiger partial charge in [0.1, 0.15) is 0 Å². The first-order chi connectivity index (χ1) is 7.59. The number of nitrogens with zero attached hydrogens (tertiary/aromatic N) is 1. The van der Waals surface area contributed by atoms with Gasteiger partial charge in [0.05, 0.1) is 12.6 Å². The second kappa shape index (κ2) is 6.32. The van der Waals surface area contributed by atoms with Gasteiger partial charge in [-0.3, -0.25) is 4.79 Å². The maximum Gasteiger partial charge on any atom is 0.315 e. The molecular weight excluding hydrogens is 210 g/mol. The minimum atomic E-state index is -0.234. The Labute approximate surface area is 95.3 Å². The topological polar surface area (TPSA) is 70.7 Å². The summed E-state index contributed by atoms with van der Waals surface area (Å²) in [6, 6.07) is -0.133. The fourth-order valence-corrected chi connectivity index (χ4v) is 1.39. The van der Waals surface area contributed by atoms with Crippen LogP contribution < -0.4 is 10.6 Å². The zero-order valence-electron chi connectivity index (χ0n) is 9.78. The molecule has 0 aromatic rings. The number of carbonyl (C=O) groups excluding carboxylic acids is 2. The molecule has 1 unspecified atom stereocenters. The Morgan fingerprint density at radius 1 is 1.44 bits per heavy atom. The molecule has 1 fully saturated rings. The number of amides is 3. The van der Waals surface area contributed by atoms with Crippen molar-refractivity contribution in [3.63, 3.8) is 0 Å². The van der Waals surface area contributed by atoms with Gasteiger partial charge in [-0.1, -0.05) is 0 Å². The van der Waals surface area contributed by atoms with Crippen LogP contribution in [-0.2, 0) is 9.53 Å². The number of hydrogen-bond donors (Lipinski definition) is 2. The highest BCUT2D eigenvalue weighted by atomic mass is 16.5. The van der Waals surface area contributed by atoms with Crippen LogP contribution in [0.3, 0.4) is 0 Å². The van der Waals surface area contributed by atoms with E-state index in [9.17, 15) is 9.59 Å². The molecule has 1 saturated heterocycles. The SMILES string of the molecule is CN(C)C(=O)CCNC(=O)NC1CCOC1. The Morgan fingerprint density at radius 3 is 2.75 bits per heavy atom. The van der Waals surface area contributed by atoms with E-state index in [0.717, 1.165) is 6.42 Å². The highest BCUT2D eigenvalue weighted by Gasteiger charge is 2.17. The van der Waals surface area contributed by atoms with Crippen molar-refractivity contribution in [3.05, 3.63) is 0 Å². The van der Waals surface area contributed by atoms with Crippen LogP contribution in [0.5, 0.6) is 0 Å². The van der Waals surface area contributed by atoms with E-state index < -0.39 is 0 Å². The Hall–Kier alpha value is -1.30. The summed E-state index contributed by atoms with van der Waals surface area (Å²) in [7, 11) is 3.39. The molecule has 0 saturated carbocycles. The lowest BCUT2D eigenvalue weighted by Gasteiger charge is -2.13. The first-order valence-corrected chi connectivity index (χ1v) is 5.42. The van der Waals surface area contributed by atoms with Crippen molar-refractivity contribution in [2.45, 2.75) is 18.9 Å². The first-order valence-electron chi connectivity index (χ1n) is 5.42. The van der Waals surface area contributed by atoms with Crippen molar-refractivity contribution >= 4 is 11.9 Å². The van der Waals surface area contributed by atoms with Gasteiger partial charge < -0.3 is 20.3 Å². The molecule has 0 aromatic carbocycles. The molecule has 6 nitrogen and oxygen atoms in total. The summed E-state index contributed by atoms with van der Waals surface area (Å²) in [6.07, 6.45) is 1.17. The van der Waals surface area contributed by atoms with Gasteiger partial charge in [0.15, 0.2) is 0 Å². The minimum absolute atomic E-state index is 0.00417. The zero-order valence-corrected chi connectivity index (χ0v) is 9.78. The number of rotatable bonds is 4. The molecule has 1 heterocycles. The molecule has 2 N–H and O–H groups in total. The van der Waals surface area contributed by atoms with Crippen LogP contribution in [0, 0.1) is 0 Å². The number of ether oxygens (including phenoxy) is 1. The second-order valence-corrected chi connectivity index (χ2v) is 4.00. The number of urea groups is 1. The molecule has 0 aliphatic carbocycles. The van der Waals surface area contributed by atoms with Crippen LogP contribution in [0.4, 0.5) is 4.79 Å². The van der Waals surface area contributed by atoms with E-state index in [1.54, 1.807) is 14.1 Å². The monoisotopic (exact) mass is 229 g/mol. The van der Waals surface area contributed by atoms with E-state index in [1.165, 1.54) is 4.90 Å². The van der Waals surface area contributed by atoms with Crippen LogP contribution in [0.1, 0.15) is 12.8 Å². The predicted octanol–water partition coefficient (Wildman–Crippen LogP) is -0.447. The molecule has 3 amide bonds. The minimum Gasteiger partial charge on any atom is -0.379 e. The molecule has 16 heavy (non-hydrogen) atoms. The van der Waals surface area contributed by atoms with E-state index in [0.29, 0.717) is 26.2 Å². The van der Waals surface area contributed by atoms with Crippen molar-refractivity contribution in [3.8, 4) is 0 Å². The molecule has 1 aliphatic rings. The predicted molar refractivity (Wildman–Crippen MR) is 59.1 cm³/mol. The van der Waals surface area contributed by atoms with Crippen LogP contribution in [-0.4, -0.2) is 56.7 Å². The lowest BCUT2D eigenvalue weighted by Crippen LogP contribution is -2.43. The summed E-state index contributed by atoms with van der Waals surface area (Å²) >= 11 is 0.